The third-order valence-corrected chi connectivity index (χ3v) is 1.94. The monoisotopic (exact) mass is 208 g/mol. The normalized spacial score (nSPS) is 10.4. The van der Waals surface area contributed by atoms with E-state index >= 15 is 0 Å². The molecule has 0 aliphatic carbocycles. The Balaban J connectivity index is 2.69. The lowest BCUT2D eigenvalue weighted by Gasteiger charge is -1.98. The molecule has 1 aromatic heterocycles. The molecule has 4 nitrogen and oxygen atoms in total. The molecule has 0 atom stereocenters. The van der Waals surface area contributed by atoms with Crippen molar-refractivity contribution in [2.45, 2.75) is 0 Å². The van der Waals surface area contributed by atoms with Gasteiger partial charge < -0.3 is 5.11 Å². The van der Waals surface area contributed by atoms with Crippen LogP contribution in [0, 0.1) is 0 Å². The number of hydrogen-bond acceptors (Lipinski definition) is 3. The zero-order valence-electron chi connectivity index (χ0n) is 6.94. The predicted octanol–water partition coefficient (Wildman–Crippen LogP) is 1.98. The minimum atomic E-state index is -0.992. The van der Waals surface area contributed by atoms with Crippen LogP contribution in [0.3, 0.4) is 0 Å². The van der Waals surface area contributed by atoms with Crippen molar-refractivity contribution in [2.24, 2.45) is 0 Å². The summed E-state index contributed by atoms with van der Waals surface area (Å²) in [6, 6.07) is 4.52. The van der Waals surface area contributed by atoms with Gasteiger partial charge in [-0.25, -0.2) is 9.78 Å². The maximum atomic E-state index is 10.6. The van der Waals surface area contributed by atoms with Crippen LogP contribution in [0.1, 0.15) is 10.4 Å². The van der Waals surface area contributed by atoms with Crippen molar-refractivity contribution in [1.82, 2.24) is 9.97 Å². The molecule has 70 valence electrons. The van der Waals surface area contributed by atoms with Gasteiger partial charge in [0.2, 0.25) is 0 Å². The lowest BCUT2D eigenvalue weighted by atomic mass is 10.2. The van der Waals surface area contributed by atoms with E-state index in [1.165, 1.54) is 18.3 Å². The lowest BCUT2D eigenvalue weighted by molar-refractivity contribution is 0.0697. The van der Waals surface area contributed by atoms with Gasteiger partial charge in [0.25, 0.3) is 0 Å². The molecule has 0 aliphatic rings. The first-order valence-electron chi connectivity index (χ1n) is 3.82. The first-order chi connectivity index (χ1) is 6.66. The Hall–Kier alpha value is -1.68. The molecule has 14 heavy (non-hydrogen) atoms. The number of aromatic carboxylic acids is 1. The summed E-state index contributed by atoms with van der Waals surface area (Å²) in [5.74, 6) is -0.992. The molecule has 0 saturated heterocycles. The lowest BCUT2D eigenvalue weighted by Crippen LogP contribution is -1.96. The third-order valence-electron chi connectivity index (χ3n) is 1.76. The molecule has 2 rings (SSSR count). The maximum Gasteiger partial charge on any atom is 0.335 e. The van der Waals surface area contributed by atoms with Gasteiger partial charge in [0.1, 0.15) is 5.15 Å². The van der Waals surface area contributed by atoms with Gasteiger partial charge >= 0.3 is 5.97 Å². The van der Waals surface area contributed by atoms with Crippen LogP contribution in [0.4, 0.5) is 0 Å². The summed E-state index contributed by atoms with van der Waals surface area (Å²) in [6.07, 6.45) is 1.42. The highest BCUT2D eigenvalue weighted by Gasteiger charge is 2.04. The van der Waals surface area contributed by atoms with Crippen molar-refractivity contribution in [3.8, 4) is 0 Å². The van der Waals surface area contributed by atoms with Crippen LogP contribution in [0.15, 0.2) is 24.4 Å². The topological polar surface area (TPSA) is 63.1 Å². The molecule has 0 unspecified atom stereocenters. The quantitative estimate of drug-likeness (QED) is 0.779. The summed E-state index contributed by atoms with van der Waals surface area (Å²) in [5.41, 5.74) is 1.28. The zero-order valence-corrected chi connectivity index (χ0v) is 7.69. The van der Waals surface area contributed by atoms with E-state index in [0.717, 1.165) is 0 Å². The molecule has 5 heteroatoms. The Morgan fingerprint density at radius 3 is 2.86 bits per heavy atom. The summed E-state index contributed by atoms with van der Waals surface area (Å²) < 4.78 is 0. The number of rotatable bonds is 1. The summed E-state index contributed by atoms with van der Waals surface area (Å²) in [7, 11) is 0. The van der Waals surface area contributed by atoms with Crippen LogP contribution in [0.2, 0.25) is 5.15 Å². The van der Waals surface area contributed by atoms with Gasteiger partial charge in [-0.15, -0.1) is 0 Å². The molecule has 0 bridgehead atoms. The van der Waals surface area contributed by atoms with Crippen molar-refractivity contribution in [2.75, 3.05) is 0 Å². The highest BCUT2D eigenvalue weighted by Crippen LogP contribution is 2.14. The van der Waals surface area contributed by atoms with E-state index in [0.29, 0.717) is 11.0 Å². The second-order valence-corrected chi connectivity index (χ2v) is 3.09. The molecule has 0 spiro atoms. The zero-order chi connectivity index (χ0) is 10.1. The van der Waals surface area contributed by atoms with E-state index in [1.807, 2.05) is 0 Å². The Bertz CT molecular complexity index is 513. The molecule has 0 saturated carbocycles. The molecular formula is C9H5ClN2O2. The van der Waals surface area contributed by atoms with E-state index in [-0.39, 0.29) is 10.7 Å². The summed E-state index contributed by atoms with van der Waals surface area (Å²) >= 11 is 5.63. The molecule has 0 aliphatic heterocycles. The average molecular weight is 209 g/mol. The van der Waals surface area contributed by atoms with Crippen LogP contribution >= 0.6 is 11.6 Å². The number of halogens is 1. The minimum absolute atomic E-state index is 0.175. The second-order valence-electron chi connectivity index (χ2n) is 2.70. The fourth-order valence-corrected chi connectivity index (χ4v) is 1.26. The minimum Gasteiger partial charge on any atom is -0.478 e. The molecule has 0 radical (unpaired) electrons. The highest BCUT2D eigenvalue weighted by atomic mass is 35.5. The number of carbonyl (C=O) groups is 1. The van der Waals surface area contributed by atoms with Gasteiger partial charge in [0.15, 0.2) is 0 Å². The SMILES string of the molecule is O=C(O)c1ccc2ncc(Cl)nc2c1. The van der Waals surface area contributed by atoms with E-state index in [4.69, 9.17) is 16.7 Å². The Labute approximate surface area is 84.2 Å². The van der Waals surface area contributed by atoms with Crippen LogP contribution in [0.5, 0.6) is 0 Å². The van der Waals surface area contributed by atoms with Crippen LogP contribution in [-0.2, 0) is 0 Å². The highest BCUT2D eigenvalue weighted by molar-refractivity contribution is 6.29. The molecular weight excluding hydrogens is 204 g/mol. The largest absolute Gasteiger partial charge is 0.478 e. The van der Waals surface area contributed by atoms with Crippen LogP contribution in [-0.4, -0.2) is 21.0 Å². The van der Waals surface area contributed by atoms with Gasteiger partial charge in [0.05, 0.1) is 22.8 Å². The number of nitrogens with zero attached hydrogens (tertiary/aromatic N) is 2. The molecule has 1 aromatic carbocycles. The van der Waals surface area contributed by atoms with Gasteiger partial charge in [-0.3, -0.25) is 4.98 Å². The number of fused-ring (bicyclic) bond motifs is 1. The standard InChI is InChI=1S/C9H5ClN2O2/c10-8-4-11-6-2-1-5(9(13)14)3-7(6)12-8/h1-4H,(H,13,14). The van der Waals surface area contributed by atoms with Crippen LogP contribution in [0.25, 0.3) is 11.0 Å². The molecule has 1 heterocycles. The number of benzene rings is 1. The molecule has 2 aromatic rings. The van der Waals surface area contributed by atoms with Crippen molar-refractivity contribution in [1.29, 1.82) is 0 Å². The number of carboxylic acid groups (broad SMARTS) is 1. The van der Waals surface area contributed by atoms with E-state index in [1.54, 1.807) is 6.07 Å². The van der Waals surface area contributed by atoms with Crippen molar-refractivity contribution >= 4 is 28.6 Å². The molecule has 0 fully saturated rings. The van der Waals surface area contributed by atoms with Gasteiger partial charge in [-0.1, -0.05) is 11.6 Å². The predicted molar refractivity (Wildman–Crippen MR) is 51.5 cm³/mol. The first-order valence-corrected chi connectivity index (χ1v) is 4.20. The number of carboxylic acids is 1. The molecule has 1 N–H and O–H groups in total. The van der Waals surface area contributed by atoms with Crippen LogP contribution < -0.4 is 0 Å². The first kappa shape index (κ1) is 8.90. The summed E-state index contributed by atoms with van der Waals surface area (Å²) in [5, 5.41) is 8.98. The van der Waals surface area contributed by atoms with Crippen molar-refractivity contribution < 1.29 is 9.90 Å². The van der Waals surface area contributed by atoms with E-state index < -0.39 is 5.97 Å². The number of aromatic nitrogens is 2. The number of hydrogen-bond donors (Lipinski definition) is 1. The summed E-state index contributed by atoms with van der Waals surface area (Å²) in [6.45, 7) is 0. The van der Waals surface area contributed by atoms with E-state index in [9.17, 15) is 4.79 Å². The average Bonchev–Trinajstić information content (AvgIpc) is 2.16. The smallest absolute Gasteiger partial charge is 0.335 e. The van der Waals surface area contributed by atoms with Crippen molar-refractivity contribution in [3.63, 3.8) is 0 Å². The second kappa shape index (κ2) is 3.23. The van der Waals surface area contributed by atoms with Crippen molar-refractivity contribution in [3.05, 3.63) is 35.1 Å². The fourth-order valence-electron chi connectivity index (χ4n) is 1.12. The van der Waals surface area contributed by atoms with Gasteiger partial charge in [-0.2, -0.15) is 0 Å². The van der Waals surface area contributed by atoms with Gasteiger partial charge in [-0.05, 0) is 18.2 Å². The third kappa shape index (κ3) is 1.52. The maximum absolute atomic E-state index is 10.6. The Morgan fingerprint density at radius 1 is 1.36 bits per heavy atom. The Kier molecular flexibility index (Phi) is 2.05. The van der Waals surface area contributed by atoms with Gasteiger partial charge in [0, 0.05) is 0 Å². The summed E-state index contributed by atoms with van der Waals surface area (Å²) in [4.78, 5) is 18.6. The fraction of sp³-hybridized carbons (Fsp3) is 0. The van der Waals surface area contributed by atoms with E-state index in [2.05, 4.69) is 9.97 Å². The molecule has 0 amide bonds. The Morgan fingerprint density at radius 2 is 2.14 bits per heavy atom.